The van der Waals surface area contributed by atoms with Crippen molar-refractivity contribution in [2.75, 3.05) is 0 Å². The summed E-state index contributed by atoms with van der Waals surface area (Å²) in [4.78, 5) is 70.9. The largest absolute Gasteiger partial charge is 0.444 e. The van der Waals surface area contributed by atoms with Crippen molar-refractivity contribution < 1.29 is 51.4 Å². The molecule has 1 aromatic rings. The molecule has 52 heavy (non-hydrogen) atoms. The fraction of sp³-hybridized carbons (Fsp3) is 0.571. The van der Waals surface area contributed by atoms with Crippen molar-refractivity contribution in [3.63, 3.8) is 0 Å². The summed E-state index contributed by atoms with van der Waals surface area (Å²) in [5.41, 5.74) is -1.76. The summed E-state index contributed by atoms with van der Waals surface area (Å²) in [6, 6.07) is 0.289. The van der Waals surface area contributed by atoms with E-state index in [9.17, 15) is 41.9 Å². The van der Waals surface area contributed by atoms with Crippen LogP contribution in [0.1, 0.15) is 76.8 Å². The number of nitrogens with zero attached hydrogens (tertiary/aromatic N) is 2. The fourth-order valence-electron chi connectivity index (χ4n) is 7.15. The fourth-order valence-corrected chi connectivity index (χ4v) is 8.51. The van der Waals surface area contributed by atoms with Crippen LogP contribution in [-0.2, 0) is 47.0 Å². The molecular weight excluding hydrogens is 701 g/mol. The molecule has 2 aliphatic carbocycles. The molecule has 0 aromatic heterocycles. The highest BCUT2D eigenvalue weighted by Gasteiger charge is 2.64. The Morgan fingerprint density at radius 3 is 2.46 bits per heavy atom. The van der Waals surface area contributed by atoms with Gasteiger partial charge in [-0.05, 0) is 70.9 Å². The topological polar surface area (TPSA) is 201 Å². The van der Waals surface area contributed by atoms with E-state index in [0.717, 1.165) is 4.90 Å². The van der Waals surface area contributed by atoms with E-state index >= 15 is 0 Å². The molecule has 5 amide bonds. The second kappa shape index (κ2) is 13.5. The van der Waals surface area contributed by atoms with Crippen LogP contribution in [0.2, 0.25) is 0 Å². The molecular formula is C35H44FN5O10S. The van der Waals surface area contributed by atoms with Gasteiger partial charge in [0.05, 0.1) is 17.8 Å². The van der Waals surface area contributed by atoms with Gasteiger partial charge >= 0.3 is 12.2 Å². The van der Waals surface area contributed by atoms with Gasteiger partial charge in [-0.15, -0.1) is 6.58 Å². The summed E-state index contributed by atoms with van der Waals surface area (Å²) in [6.45, 7) is 8.50. The standard InChI is InChI=1S/C35H44FN5O10S/c1-5-21-16-34(21,30(44)39-52(48,49)22-14-15-22)38-28(42)26-17-35(47,51-32(46)40-18-20-10-9-11-24(36)23(20)19-40)27-13-8-6-7-12-25(29(43)41(26)27)37-31(45)50-33(2,3)4/h5-7,9-11,21-22,25-27,47H,1,8,12-19H2,2-4H3,(H,37,45)(H,38,42)(H,39,44)/t21-,25+,26+,27+,34-,35?/m1/s1. The van der Waals surface area contributed by atoms with E-state index in [1.165, 1.54) is 23.1 Å². The van der Waals surface area contributed by atoms with Gasteiger partial charge < -0.3 is 30.1 Å². The number of allylic oxidation sites excluding steroid dienone is 1. The van der Waals surface area contributed by atoms with Crippen LogP contribution in [0.5, 0.6) is 0 Å². The summed E-state index contributed by atoms with van der Waals surface area (Å²) in [6.07, 6.45) is 3.36. The molecule has 15 nitrogen and oxygen atoms in total. The normalized spacial score (nSPS) is 29.8. The number of hydrogen-bond acceptors (Lipinski definition) is 10. The molecule has 282 valence electrons. The number of alkyl carbamates (subject to hydrolysis) is 1. The lowest BCUT2D eigenvalue weighted by Gasteiger charge is -2.36. The van der Waals surface area contributed by atoms with Gasteiger partial charge in [0.25, 0.3) is 5.91 Å². The minimum Gasteiger partial charge on any atom is -0.444 e. The molecule has 1 unspecified atom stereocenters. The van der Waals surface area contributed by atoms with E-state index in [1.807, 2.05) is 0 Å². The van der Waals surface area contributed by atoms with Crippen LogP contribution >= 0.6 is 0 Å². The first-order valence-electron chi connectivity index (χ1n) is 17.3. The maximum Gasteiger partial charge on any atom is 0.412 e. The number of rotatable bonds is 8. The molecule has 0 radical (unpaired) electrons. The van der Waals surface area contributed by atoms with E-state index < -0.39 is 98.4 Å². The summed E-state index contributed by atoms with van der Waals surface area (Å²) in [5.74, 6) is -6.28. The number of ether oxygens (including phenoxy) is 2. The molecule has 0 bridgehead atoms. The predicted molar refractivity (Wildman–Crippen MR) is 182 cm³/mol. The van der Waals surface area contributed by atoms with Gasteiger partial charge in [0.15, 0.2) is 0 Å². The zero-order valence-electron chi connectivity index (χ0n) is 29.2. The molecule has 1 saturated heterocycles. The number of aliphatic hydroxyl groups is 1. The van der Waals surface area contributed by atoms with Crippen molar-refractivity contribution in [1.29, 1.82) is 0 Å². The van der Waals surface area contributed by atoms with Crippen molar-refractivity contribution in [2.24, 2.45) is 5.92 Å². The molecule has 3 fully saturated rings. The number of fused-ring (bicyclic) bond motifs is 2. The molecule has 3 heterocycles. The van der Waals surface area contributed by atoms with Crippen LogP contribution in [-0.4, -0.2) is 93.5 Å². The number of carbonyl (C=O) groups is 5. The smallest absolute Gasteiger partial charge is 0.412 e. The van der Waals surface area contributed by atoms with Gasteiger partial charge in [0.1, 0.15) is 29.0 Å². The highest BCUT2D eigenvalue weighted by Crippen LogP contribution is 2.46. The lowest BCUT2D eigenvalue weighted by Crippen LogP contribution is -2.60. The van der Waals surface area contributed by atoms with Gasteiger partial charge in [-0.2, -0.15) is 0 Å². The van der Waals surface area contributed by atoms with Crippen LogP contribution in [0.4, 0.5) is 14.0 Å². The highest BCUT2D eigenvalue weighted by atomic mass is 32.2. The van der Waals surface area contributed by atoms with E-state index in [4.69, 9.17) is 9.47 Å². The van der Waals surface area contributed by atoms with Crippen molar-refractivity contribution in [3.05, 3.63) is 60.0 Å². The zero-order valence-corrected chi connectivity index (χ0v) is 30.0. The van der Waals surface area contributed by atoms with Gasteiger partial charge in [-0.3, -0.25) is 24.0 Å². The average Bonchev–Trinajstić information content (AvgIpc) is 3.95. The van der Waals surface area contributed by atoms with Crippen LogP contribution in [0.15, 0.2) is 43.0 Å². The SMILES string of the molecule is C=C[C@@H]1C[C@]1(NC(=O)[C@@H]1CC(O)(OC(=O)N2Cc3cccc(F)c3C2)[C@@H]2CCC=CC[C@H](NC(=O)OC(C)(C)C)C(=O)N21)C(=O)NS(=O)(=O)C1CC1. The van der Waals surface area contributed by atoms with E-state index in [0.29, 0.717) is 24.0 Å². The van der Waals surface area contributed by atoms with Crippen molar-refractivity contribution in [3.8, 4) is 0 Å². The highest BCUT2D eigenvalue weighted by molar-refractivity contribution is 7.91. The summed E-state index contributed by atoms with van der Waals surface area (Å²) in [5, 5.41) is 16.6. The van der Waals surface area contributed by atoms with Gasteiger partial charge in [0.2, 0.25) is 27.6 Å². The third-order valence-electron chi connectivity index (χ3n) is 10.1. The average molecular weight is 746 g/mol. The molecule has 1 aromatic carbocycles. The second-order valence-corrected chi connectivity index (χ2v) is 17.1. The van der Waals surface area contributed by atoms with Crippen LogP contribution in [0.3, 0.4) is 0 Å². The molecule has 0 spiro atoms. The molecule has 2 saturated carbocycles. The monoisotopic (exact) mass is 745 g/mol. The number of hydrogen-bond donors (Lipinski definition) is 4. The summed E-state index contributed by atoms with van der Waals surface area (Å²) in [7, 11) is -3.99. The number of sulfonamides is 1. The van der Waals surface area contributed by atoms with Crippen molar-refractivity contribution in [1.82, 2.24) is 25.2 Å². The van der Waals surface area contributed by atoms with Gasteiger partial charge in [0, 0.05) is 24.4 Å². The first-order chi connectivity index (χ1) is 24.4. The Balaban J connectivity index is 1.30. The van der Waals surface area contributed by atoms with Crippen molar-refractivity contribution >= 4 is 39.9 Å². The first-order valence-corrected chi connectivity index (χ1v) is 18.9. The number of amides is 5. The Morgan fingerprint density at radius 2 is 1.83 bits per heavy atom. The lowest BCUT2D eigenvalue weighted by molar-refractivity contribution is -0.187. The Labute approximate surface area is 301 Å². The minimum absolute atomic E-state index is 0.00460. The number of halogens is 1. The molecule has 6 rings (SSSR count). The Morgan fingerprint density at radius 1 is 1.10 bits per heavy atom. The number of benzene rings is 1. The zero-order chi connectivity index (χ0) is 37.8. The Kier molecular flexibility index (Phi) is 9.65. The third-order valence-corrected chi connectivity index (χ3v) is 11.9. The molecule has 6 atom stereocenters. The summed E-state index contributed by atoms with van der Waals surface area (Å²) < 4.78 is 53.0. The van der Waals surface area contributed by atoms with Gasteiger partial charge in [-0.1, -0.05) is 30.4 Å². The Bertz CT molecular complexity index is 1830. The summed E-state index contributed by atoms with van der Waals surface area (Å²) >= 11 is 0. The second-order valence-electron chi connectivity index (χ2n) is 15.1. The van der Waals surface area contributed by atoms with Crippen LogP contribution < -0.4 is 15.4 Å². The number of nitrogens with one attached hydrogen (secondary N) is 3. The first kappa shape index (κ1) is 37.3. The van der Waals surface area contributed by atoms with Crippen LogP contribution in [0, 0.1) is 11.7 Å². The van der Waals surface area contributed by atoms with Crippen molar-refractivity contribution in [2.45, 2.75) is 119 Å². The quantitative estimate of drug-likeness (QED) is 0.226. The number of carbonyl (C=O) groups excluding carboxylic acids is 5. The maximum absolute atomic E-state index is 14.5. The molecule has 3 aliphatic heterocycles. The lowest BCUT2D eigenvalue weighted by atomic mass is 10.0. The molecule has 4 N–H and O–H groups in total. The van der Waals surface area contributed by atoms with E-state index in [-0.39, 0.29) is 38.8 Å². The minimum atomic E-state index is -3.99. The maximum atomic E-state index is 14.5. The van der Waals surface area contributed by atoms with Gasteiger partial charge in [-0.25, -0.2) is 22.4 Å². The van der Waals surface area contributed by atoms with E-state index in [2.05, 4.69) is 21.9 Å². The predicted octanol–water partition coefficient (Wildman–Crippen LogP) is 2.24. The third kappa shape index (κ3) is 7.38. The molecule has 5 aliphatic rings. The van der Waals surface area contributed by atoms with E-state index in [1.54, 1.807) is 39.0 Å². The molecule has 17 heteroatoms. The Hall–Kier alpha value is -4.51. The van der Waals surface area contributed by atoms with Crippen LogP contribution in [0.25, 0.3) is 0 Å².